The molecule has 2 heterocycles. The molecule has 2 aromatic carbocycles. The summed E-state index contributed by atoms with van der Waals surface area (Å²) in [7, 11) is 0. The van der Waals surface area contributed by atoms with Crippen LogP contribution < -0.4 is 0 Å². The van der Waals surface area contributed by atoms with Crippen LogP contribution in [0.15, 0.2) is 94.8 Å². The van der Waals surface area contributed by atoms with E-state index in [0.717, 1.165) is 0 Å². The molecule has 4 aromatic rings. The summed E-state index contributed by atoms with van der Waals surface area (Å²) in [6.45, 7) is 0. The Morgan fingerprint density at radius 3 is 1.24 bits per heavy atom. The molecule has 4 nitrogen and oxygen atoms in total. The molecule has 0 aliphatic carbocycles. The first-order chi connectivity index (χ1) is 16.1. The van der Waals surface area contributed by atoms with E-state index in [-0.39, 0.29) is 58.6 Å². The topological polar surface area (TPSA) is 68.3 Å². The number of carbonyl (C=O) groups excluding carboxylic acids is 4. The van der Waals surface area contributed by atoms with Crippen molar-refractivity contribution in [1.29, 1.82) is 0 Å². The SMILES string of the molecule is O=C(c1ccccc1)C(CC(C(=O)c1ccccc1)C(=O)c1ccc[se]1)C(=O)c1ccc[se]1. The molecule has 0 bridgehead atoms. The van der Waals surface area contributed by atoms with Gasteiger partial charge >= 0.3 is 204 Å². The zero-order chi connectivity index (χ0) is 23.2. The van der Waals surface area contributed by atoms with Crippen LogP contribution >= 0.6 is 0 Å². The Hall–Kier alpha value is -2.88. The molecule has 0 amide bonds. The molecule has 2 unspecified atom stereocenters. The van der Waals surface area contributed by atoms with Gasteiger partial charge in [0.05, 0.1) is 0 Å². The third-order valence-corrected chi connectivity index (χ3v) is 9.09. The van der Waals surface area contributed by atoms with Gasteiger partial charge in [-0.1, -0.05) is 0 Å². The standard InChI is InChI=1S/C27H20O4Se2/c28-24(18-9-3-1-4-10-18)20(26(30)22-13-7-15-32-22)17-21(27(31)23-14-8-16-33-23)25(29)19-11-5-2-6-12-19/h1-16,20-21H,17H2. The van der Waals surface area contributed by atoms with Gasteiger partial charge in [-0.25, -0.2) is 0 Å². The molecule has 164 valence electrons. The van der Waals surface area contributed by atoms with E-state index in [2.05, 4.69) is 0 Å². The van der Waals surface area contributed by atoms with Crippen LogP contribution in [0.2, 0.25) is 0 Å². The molecule has 2 aromatic heterocycles. The van der Waals surface area contributed by atoms with Crippen molar-refractivity contribution in [1.82, 2.24) is 0 Å². The summed E-state index contributed by atoms with van der Waals surface area (Å²) in [6.07, 6.45) is -0.139. The van der Waals surface area contributed by atoms with Gasteiger partial charge in [0.2, 0.25) is 0 Å². The molecule has 0 saturated heterocycles. The van der Waals surface area contributed by atoms with Crippen molar-refractivity contribution in [3.63, 3.8) is 0 Å². The molecule has 2 atom stereocenters. The summed E-state index contributed by atoms with van der Waals surface area (Å²) < 4.78 is 1.17. The maximum atomic E-state index is 13.5. The molecule has 0 N–H and O–H groups in total. The molecule has 0 spiro atoms. The van der Waals surface area contributed by atoms with Crippen molar-refractivity contribution in [3.8, 4) is 0 Å². The first-order valence-electron chi connectivity index (χ1n) is 10.4. The summed E-state index contributed by atoms with van der Waals surface area (Å²) in [5.41, 5.74) is 0.804. The van der Waals surface area contributed by atoms with Crippen LogP contribution in [0.1, 0.15) is 45.6 Å². The zero-order valence-electron chi connectivity index (χ0n) is 17.5. The van der Waals surface area contributed by atoms with Crippen molar-refractivity contribution >= 4 is 52.1 Å². The Morgan fingerprint density at radius 1 is 0.515 bits per heavy atom. The Labute approximate surface area is 203 Å². The molecule has 0 fully saturated rings. The van der Waals surface area contributed by atoms with Crippen molar-refractivity contribution in [2.75, 3.05) is 0 Å². The second-order valence-corrected chi connectivity index (χ2v) is 11.5. The summed E-state index contributed by atoms with van der Waals surface area (Å²) in [5, 5.41) is 0. The number of hydrogen-bond donors (Lipinski definition) is 0. The Balaban J connectivity index is 1.74. The van der Waals surface area contributed by atoms with Crippen LogP contribution in [-0.4, -0.2) is 52.1 Å². The number of carbonyl (C=O) groups is 4. The van der Waals surface area contributed by atoms with Crippen molar-refractivity contribution in [3.05, 3.63) is 115 Å². The molecule has 0 aliphatic rings. The van der Waals surface area contributed by atoms with Crippen LogP contribution in [0.4, 0.5) is 0 Å². The first kappa shape index (κ1) is 23.3. The van der Waals surface area contributed by atoms with Crippen molar-refractivity contribution in [2.24, 2.45) is 11.8 Å². The molecule has 0 radical (unpaired) electrons. The number of Topliss-reactive ketones (excluding diaryl/α,β-unsaturated/α-hetero) is 4. The van der Waals surface area contributed by atoms with E-state index in [1.807, 2.05) is 22.0 Å². The fraction of sp³-hybridized carbons (Fsp3) is 0.111. The summed E-state index contributed by atoms with van der Waals surface area (Å²) >= 11 is -0.313. The second-order valence-electron chi connectivity index (χ2n) is 7.48. The Morgan fingerprint density at radius 2 is 0.909 bits per heavy atom. The molecular weight excluding hydrogens is 546 g/mol. The Kier molecular flexibility index (Phi) is 7.64. The molecule has 0 aliphatic heterocycles. The van der Waals surface area contributed by atoms with Crippen LogP contribution in [0.3, 0.4) is 0 Å². The van der Waals surface area contributed by atoms with E-state index in [0.29, 0.717) is 20.0 Å². The average Bonchev–Trinajstić information content (AvgIpc) is 3.59. The number of rotatable bonds is 10. The van der Waals surface area contributed by atoms with Crippen LogP contribution in [0, 0.1) is 11.8 Å². The van der Waals surface area contributed by atoms with Gasteiger partial charge in [-0.15, -0.1) is 0 Å². The minimum atomic E-state index is -1.09. The summed E-state index contributed by atoms with van der Waals surface area (Å²) in [5.74, 6) is -3.49. The summed E-state index contributed by atoms with van der Waals surface area (Å²) in [4.78, 5) is 57.7. The zero-order valence-corrected chi connectivity index (χ0v) is 21.0. The van der Waals surface area contributed by atoms with E-state index < -0.39 is 11.8 Å². The predicted molar refractivity (Wildman–Crippen MR) is 129 cm³/mol. The van der Waals surface area contributed by atoms with E-state index in [9.17, 15) is 19.2 Å². The van der Waals surface area contributed by atoms with Gasteiger partial charge in [0.1, 0.15) is 0 Å². The quantitative estimate of drug-likeness (QED) is 0.164. The molecule has 6 heteroatoms. The Bertz CT molecular complexity index is 1140. The van der Waals surface area contributed by atoms with Gasteiger partial charge < -0.3 is 0 Å². The maximum absolute atomic E-state index is 13.5. The van der Waals surface area contributed by atoms with E-state index in [1.54, 1.807) is 72.8 Å². The van der Waals surface area contributed by atoms with Crippen LogP contribution in [0.25, 0.3) is 0 Å². The van der Waals surface area contributed by atoms with E-state index >= 15 is 0 Å². The van der Waals surface area contributed by atoms with Gasteiger partial charge in [0, 0.05) is 0 Å². The fourth-order valence-electron chi connectivity index (χ4n) is 3.69. The normalized spacial score (nSPS) is 12.6. The first-order valence-corrected chi connectivity index (χ1v) is 14.1. The fourth-order valence-corrected chi connectivity index (χ4v) is 6.71. The van der Waals surface area contributed by atoms with Crippen LogP contribution in [-0.2, 0) is 0 Å². The van der Waals surface area contributed by atoms with Gasteiger partial charge in [0.15, 0.2) is 0 Å². The van der Waals surface area contributed by atoms with E-state index in [1.165, 1.54) is 0 Å². The molecular formula is C27H20O4Se2. The number of hydrogen-bond acceptors (Lipinski definition) is 4. The van der Waals surface area contributed by atoms with Crippen LogP contribution in [0.5, 0.6) is 0 Å². The average molecular weight is 566 g/mol. The second kappa shape index (κ2) is 10.8. The number of ketones is 4. The molecule has 4 rings (SSSR count). The van der Waals surface area contributed by atoms with Gasteiger partial charge in [-0.05, 0) is 0 Å². The van der Waals surface area contributed by atoms with Gasteiger partial charge in [0.25, 0.3) is 0 Å². The van der Waals surface area contributed by atoms with Gasteiger partial charge in [-0.3, -0.25) is 0 Å². The van der Waals surface area contributed by atoms with Gasteiger partial charge in [-0.2, -0.15) is 0 Å². The molecule has 0 saturated carbocycles. The minimum absolute atomic E-state index is 0.139. The predicted octanol–water partition coefficient (Wildman–Crippen LogP) is 4.25. The third-order valence-electron chi connectivity index (χ3n) is 5.38. The van der Waals surface area contributed by atoms with Crippen molar-refractivity contribution < 1.29 is 19.2 Å². The monoisotopic (exact) mass is 568 g/mol. The van der Waals surface area contributed by atoms with Crippen molar-refractivity contribution in [2.45, 2.75) is 6.42 Å². The van der Waals surface area contributed by atoms with E-state index in [4.69, 9.17) is 0 Å². The number of benzene rings is 2. The molecule has 33 heavy (non-hydrogen) atoms. The summed E-state index contributed by atoms with van der Waals surface area (Å²) in [6, 6.07) is 24.3. The third kappa shape index (κ3) is 5.38.